The van der Waals surface area contributed by atoms with E-state index in [4.69, 9.17) is 4.98 Å². The Hall–Kier alpha value is -4.97. The predicted molar refractivity (Wildman–Crippen MR) is 139 cm³/mol. The van der Waals surface area contributed by atoms with E-state index >= 15 is 0 Å². The van der Waals surface area contributed by atoms with Crippen molar-refractivity contribution < 1.29 is 22.7 Å². The van der Waals surface area contributed by atoms with Crippen LogP contribution in [0, 0.1) is 0 Å². The minimum atomic E-state index is -5.09. The van der Waals surface area contributed by atoms with Crippen LogP contribution in [0.4, 0.5) is 13.2 Å². The fourth-order valence-electron chi connectivity index (χ4n) is 3.99. The third-order valence-electron chi connectivity index (χ3n) is 5.76. The van der Waals surface area contributed by atoms with Gasteiger partial charge in [-0.25, -0.2) is 14.8 Å². The Balaban J connectivity index is 1.46. The van der Waals surface area contributed by atoms with Gasteiger partial charge in [-0.1, -0.05) is 30.3 Å². The van der Waals surface area contributed by atoms with Crippen LogP contribution in [0.2, 0.25) is 0 Å². The molecule has 0 spiro atoms. The van der Waals surface area contributed by atoms with Gasteiger partial charge in [0, 0.05) is 28.9 Å². The molecule has 0 radical (unpaired) electrons. The smallest absolute Gasteiger partial charge is 0.420 e. The molecule has 12 heteroatoms. The second-order valence-corrected chi connectivity index (χ2v) is 9.15. The number of carbonyl (C=O) groups is 1. The number of fused-ring (bicyclic) bond motifs is 1. The number of aromatic nitrogens is 6. The van der Waals surface area contributed by atoms with Crippen molar-refractivity contribution in [3.05, 3.63) is 84.6 Å². The zero-order chi connectivity index (χ0) is 27.0. The Morgan fingerprint density at radius 2 is 1.72 bits per heavy atom. The quantitative estimate of drug-likeness (QED) is 0.199. The maximum atomic E-state index is 12.6. The van der Waals surface area contributed by atoms with Crippen molar-refractivity contribution in [1.82, 2.24) is 30.1 Å². The molecule has 0 amide bonds. The van der Waals surface area contributed by atoms with Crippen molar-refractivity contribution >= 4 is 28.2 Å². The van der Waals surface area contributed by atoms with E-state index in [2.05, 4.69) is 29.9 Å². The Bertz CT molecular complexity index is 1790. The fourth-order valence-corrected chi connectivity index (χ4v) is 4.55. The van der Waals surface area contributed by atoms with Crippen molar-refractivity contribution in [2.45, 2.75) is 6.18 Å². The highest BCUT2D eigenvalue weighted by atomic mass is 32.1. The van der Waals surface area contributed by atoms with Crippen molar-refractivity contribution in [3.8, 4) is 50.4 Å². The minimum Gasteiger partial charge on any atom is -0.420 e. The van der Waals surface area contributed by atoms with Gasteiger partial charge in [-0.15, -0.1) is 11.3 Å². The zero-order valence-corrected chi connectivity index (χ0v) is 20.5. The number of pyridine rings is 2. The molecule has 0 saturated carbocycles. The summed E-state index contributed by atoms with van der Waals surface area (Å²) in [5.41, 5.74) is 5.68. The number of esters is 1. The van der Waals surface area contributed by atoms with E-state index < -0.39 is 12.1 Å². The number of carbonyl (C=O) groups excluding carboxylic acids is 1. The van der Waals surface area contributed by atoms with Crippen LogP contribution in [0.25, 0.3) is 55.5 Å². The second-order valence-electron chi connectivity index (χ2n) is 8.26. The summed E-state index contributed by atoms with van der Waals surface area (Å²) < 4.78 is 42.2. The molecule has 39 heavy (non-hydrogen) atoms. The summed E-state index contributed by atoms with van der Waals surface area (Å²) in [6, 6.07) is 18.9. The number of alkyl halides is 3. The predicted octanol–water partition coefficient (Wildman–Crippen LogP) is 6.34. The SMILES string of the molecule is O=C(Oc1ccc(-c2nc3ccnc(-c4n[nH]c(-c5cncs5)n4)c3cc2-c2ccccc2)cc1)C(F)(F)F. The van der Waals surface area contributed by atoms with Gasteiger partial charge in [0.1, 0.15) is 11.4 Å². The van der Waals surface area contributed by atoms with Crippen LogP contribution in [0.5, 0.6) is 5.75 Å². The van der Waals surface area contributed by atoms with E-state index in [9.17, 15) is 18.0 Å². The number of aromatic amines is 1. The maximum Gasteiger partial charge on any atom is 0.491 e. The largest absolute Gasteiger partial charge is 0.491 e. The van der Waals surface area contributed by atoms with Gasteiger partial charge in [0.15, 0.2) is 5.82 Å². The molecule has 8 nitrogen and oxygen atoms in total. The van der Waals surface area contributed by atoms with Gasteiger partial charge < -0.3 is 4.74 Å². The van der Waals surface area contributed by atoms with E-state index in [1.54, 1.807) is 36.1 Å². The Morgan fingerprint density at radius 3 is 2.44 bits per heavy atom. The van der Waals surface area contributed by atoms with Crippen molar-refractivity contribution in [2.75, 3.05) is 0 Å². The summed E-state index contributed by atoms with van der Waals surface area (Å²) in [6.07, 6.45) is -1.78. The first-order chi connectivity index (χ1) is 18.9. The number of ether oxygens (including phenoxy) is 1. The molecule has 0 fully saturated rings. The summed E-state index contributed by atoms with van der Waals surface area (Å²) in [6.45, 7) is 0. The lowest BCUT2D eigenvalue weighted by molar-refractivity contribution is -0.189. The van der Waals surface area contributed by atoms with E-state index in [0.717, 1.165) is 16.0 Å². The number of rotatable bonds is 5. The monoisotopic (exact) mass is 544 g/mol. The Morgan fingerprint density at radius 1 is 0.923 bits per heavy atom. The molecule has 192 valence electrons. The first kappa shape index (κ1) is 24.4. The van der Waals surface area contributed by atoms with Gasteiger partial charge in [0.2, 0.25) is 5.82 Å². The number of nitrogens with one attached hydrogen (secondary N) is 1. The number of H-pyrrole nitrogens is 1. The minimum absolute atomic E-state index is 0.226. The lowest BCUT2D eigenvalue weighted by Gasteiger charge is -2.13. The number of halogens is 3. The van der Waals surface area contributed by atoms with Crippen molar-refractivity contribution in [3.63, 3.8) is 0 Å². The molecule has 1 N–H and O–H groups in total. The zero-order valence-electron chi connectivity index (χ0n) is 19.7. The van der Waals surface area contributed by atoms with Crippen molar-refractivity contribution in [1.29, 1.82) is 0 Å². The lowest BCUT2D eigenvalue weighted by Crippen LogP contribution is -2.27. The molecule has 0 saturated heterocycles. The summed E-state index contributed by atoms with van der Waals surface area (Å²) in [4.78, 5) is 30.1. The van der Waals surface area contributed by atoms with E-state index in [1.807, 2.05) is 36.4 Å². The van der Waals surface area contributed by atoms with Gasteiger partial charge in [-0.05, 0) is 42.0 Å². The molecule has 6 rings (SSSR count). The molecule has 0 bridgehead atoms. The van der Waals surface area contributed by atoms with Crippen LogP contribution in [-0.2, 0) is 4.79 Å². The molecule has 4 heterocycles. The van der Waals surface area contributed by atoms with E-state index in [1.165, 1.54) is 23.5 Å². The van der Waals surface area contributed by atoms with Gasteiger partial charge in [0.25, 0.3) is 0 Å². The fraction of sp³-hybridized carbons (Fsp3) is 0.0370. The highest BCUT2D eigenvalue weighted by Crippen LogP contribution is 2.36. The number of benzene rings is 2. The highest BCUT2D eigenvalue weighted by molar-refractivity contribution is 7.13. The normalized spacial score (nSPS) is 11.6. The van der Waals surface area contributed by atoms with Crippen molar-refractivity contribution in [2.24, 2.45) is 0 Å². The molecular formula is C27H15F3N6O2S. The van der Waals surface area contributed by atoms with Crippen LogP contribution in [0.3, 0.4) is 0 Å². The molecule has 0 aliphatic rings. The highest BCUT2D eigenvalue weighted by Gasteiger charge is 2.41. The number of nitrogens with zero attached hydrogens (tertiary/aromatic N) is 5. The first-order valence-corrected chi connectivity index (χ1v) is 12.3. The number of hydrogen-bond donors (Lipinski definition) is 1. The molecule has 0 unspecified atom stereocenters. The number of hydrogen-bond acceptors (Lipinski definition) is 8. The van der Waals surface area contributed by atoms with Crippen LogP contribution in [-0.4, -0.2) is 42.3 Å². The van der Waals surface area contributed by atoms with Gasteiger partial charge >= 0.3 is 12.1 Å². The van der Waals surface area contributed by atoms with E-state index in [0.29, 0.717) is 39.5 Å². The molecule has 0 aliphatic carbocycles. The molecule has 4 aromatic heterocycles. The second kappa shape index (κ2) is 9.72. The molecule has 2 aromatic carbocycles. The molecule has 0 atom stereocenters. The maximum absolute atomic E-state index is 12.6. The van der Waals surface area contributed by atoms with E-state index in [-0.39, 0.29) is 5.75 Å². The third-order valence-corrected chi connectivity index (χ3v) is 6.54. The van der Waals surface area contributed by atoms with Crippen LogP contribution >= 0.6 is 11.3 Å². The summed E-state index contributed by atoms with van der Waals surface area (Å²) in [5.74, 6) is -1.54. The summed E-state index contributed by atoms with van der Waals surface area (Å²) in [7, 11) is 0. The molecule has 6 aromatic rings. The summed E-state index contributed by atoms with van der Waals surface area (Å²) >= 11 is 1.43. The first-order valence-electron chi connectivity index (χ1n) is 11.4. The van der Waals surface area contributed by atoms with Gasteiger partial charge in [0.05, 0.1) is 21.6 Å². The van der Waals surface area contributed by atoms with Crippen LogP contribution < -0.4 is 4.74 Å². The number of thiazole rings is 1. The average molecular weight is 545 g/mol. The van der Waals surface area contributed by atoms with Crippen LogP contribution in [0.15, 0.2) is 84.6 Å². The third kappa shape index (κ3) is 4.84. The topological polar surface area (TPSA) is 107 Å². The molecule has 0 aliphatic heterocycles. The summed E-state index contributed by atoms with van der Waals surface area (Å²) in [5, 5.41) is 8.00. The van der Waals surface area contributed by atoms with Crippen LogP contribution in [0.1, 0.15) is 0 Å². The standard InChI is InChI=1S/C27H15F3N6O2S/c28-27(29,30)26(37)38-17-8-6-16(7-9-17)22-18(15-4-2-1-3-5-15)12-19-20(33-22)10-11-32-23(19)25-34-24(35-36-25)21-13-31-14-39-21/h1-14H,(H,34,35,36). The van der Waals surface area contributed by atoms with Gasteiger partial charge in [-0.3, -0.25) is 15.1 Å². The average Bonchev–Trinajstić information content (AvgIpc) is 3.65. The Labute approximate surface area is 222 Å². The lowest BCUT2D eigenvalue weighted by atomic mass is 9.97. The molecular weight excluding hydrogens is 529 g/mol. The Kier molecular flexibility index (Phi) is 6.08. The van der Waals surface area contributed by atoms with Gasteiger partial charge in [-0.2, -0.15) is 18.3 Å².